The third-order valence-electron chi connectivity index (χ3n) is 5.06. The van der Waals surface area contributed by atoms with Crippen molar-refractivity contribution in [1.29, 1.82) is 0 Å². The van der Waals surface area contributed by atoms with Gasteiger partial charge in [0.15, 0.2) is 11.4 Å². The van der Waals surface area contributed by atoms with Crippen LogP contribution in [0, 0.1) is 5.41 Å². The van der Waals surface area contributed by atoms with Crippen molar-refractivity contribution in [1.82, 2.24) is 0 Å². The van der Waals surface area contributed by atoms with Crippen LogP contribution in [0.3, 0.4) is 0 Å². The van der Waals surface area contributed by atoms with Crippen LogP contribution >= 0.6 is 23.2 Å². The predicted octanol–water partition coefficient (Wildman–Crippen LogP) is 6.54. The van der Waals surface area contributed by atoms with Crippen LogP contribution in [0.25, 0.3) is 5.57 Å². The Labute approximate surface area is 165 Å². The number of benzene rings is 1. The summed E-state index contributed by atoms with van der Waals surface area (Å²) in [6.45, 7) is 10.2. The van der Waals surface area contributed by atoms with E-state index >= 15 is 0 Å². The molecule has 1 fully saturated rings. The van der Waals surface area contributed by atoms with Crippen LogP contribution in [0.5, 0.6) is 0 Å². The SMILES string of the molecule is C=C(OC1=C(c2ccc(Cl)cc2Cl)C(=O)OC12CCCCC2)C(C)(C)C. The van der Waals surface area contributed by atoms with Crippen molar-refractivity contribution >= 4 is 34.7 Å². The monoisotopic (exact) mass is 394 g/mol. The van der Waals surface area contributed by atoms with Crippen molar-refractivity contribution in [3.63, 3.8) is 0 Å². The number of carbonyl (C=O) groups is 1. The predicted molar refractivity (Wildman–Crippen MR) is 105 cm³/mol. The Balaban J connectivity index is 2.15. The Bertz CT molecular complexity index is 781. The van der Waals surface area contributed by atoms with Crippen LogP contribution in [-0.2, 0) is 14.3 Å². The van der Waals surface area contributed by atoms with Crippen molar-refractivity contribution < 1.29 is 14.3 Å². The standard InChI is InChI=1S/C21H24Cl2O3/c1-13(20(2,3)4)25-18-17(15-9-8-14(22)12-16(15)23)19(24)26-21(18)10-6-5-7-11-21/h8-9,12H,1,5-7,10-11H2,2-4H3. The lowest BCUT2D eigenvalue weighted by atomic mass is 9.82. The van der Waals surface area contributed by atoms with Crippen LogP contribution < -0.4 is 0 Å². The summed E-state index contributed by atoms with van der Waals surface area (Å²) in [5.74, 6) is 0.748. The minimum Gasteiger partial charge on any atom is -0.461 e. The number of allylic oxidation sites excluding steroid dienone is 1. The van der Waals surface area contributed by atoms with Gasteiger partial charge in [0.05, 0.1) is 5.02 Å². The summed E-state index contributed by atoms with van der Waals surface area (Å²) < 4.78 is 12.1. The second-order valence-electron chi connectivity index (χ2n) is 8.05. The zero-order chi connectivity index (χ0) is 19.1. The van der Waals surface area contributed by atoms with Gasteiger partial charge in [0.2, 0.25) is 0 Å². The highest BCUT2D eigenvalue weighted by atomic mass is 35.5. The van der Waals surface area contributed by atoms with Gasteiger partial charge in [0, 0.05) is 16.0 Å². The molecule has 1 spiro atoms. The molecular weight excluding hydrogens is 371 g/mol. The Hall–Kier alpha value is -1.45. The van der Waals surface area contributed by atoms with E-state index < -0.39 is 11.6 Å². The topological polar surface area (TPSA) is 35.5 Å². The highest BCUT2D eigenvalue weighted by Crippen LogP contribution is 2.49. The van der Waals surface area contributed by atoms with E-state index in [4.69, 9.17) is 32.7 Å². The van der Waals surface area contributed by atoms with E-state index in [0.717, 1.165) is 32.1 Å². The van der Waals surface area contributed by atoms with Gasteiger partial charge in [-0.1, -0.05) is 63.0 Å². The number of esters is 1. The zero-order valence-corrected chi connectivity index (χ0v) is 17.0. The van der Waals surface area contributed by atoms with Crippen LogP contribution in [0.2, 0.25) is 10.0 Å². The summed E-state index contributed by atoms with van der Waals surface area (Å²) in [6, 6.07) is 5.08. The van der Waals surface area contributed by atoms with Gasteiger partial charge in [-0.15, -0.1) is 0 Å². The molecule has 1 aromatic carbocycles. The normalized spacial score (nSPS) is 19.7. The summed E-state index contributed by atoms with van der Waals surface area (Å²) in [6.07, 6.45) is 4.61. The molecule has 0 atom stereocenters. The average molecular weight is 395 g/mol. The fraction of sp³-hybridized carbons (Fsp3) is 0.476. The first kappa shape index (κ1) is 19.3. The first-order valence-electron chi connectivity index (χ1n) is 8.95. The molecule has 0 amide bonds. The fourth-order valence-electron chi connectivity index (χ4n) is 3.39. The summed E-state index contributed by atoms with van der Waals surface area (Å²) in [5.41, 5.74) is -0.00946. The maximum atomic E-state index is 12.8. The smallest absolute Gasteiger partial charge is 0.343 e. The minimum atomic E-state index is -0.720. The molecule has 2 aliphatic rings. The molecule has 0 aromatic heterocycles. The van der Waals surface area contributed by atoms with E-state index in [1.165, 1.54) is 0 Å². The van der Waals surface area contributed by atoms with E-state index in [0.29, 0.717) is 32.7 Å². The lowest BCUT2D eigenvalue weighted by molar-refractivity contribution is -0.149. The van der Waals surface area contributed by atoms with Crippen LogP contribution in [0.4, 0.5) is 0 Å². The second-order valence-corrected chi connectivity index (χ2v) is 8.89. The fourth-order valence-corrected chi connectivity index (χ4v) is 3.90. The Morgan fingerprint density at radius 3 is 2.42 bits per heavy atom. The number of hydrogen-bond acceptors (Lipinski definition) is 3. The molecule has 5 heteroatoms. The minimum absolute atomic E-state index is 0.261. The maximum absolute atomic E-state index is 12.8. The molecule has 0 saturated heterocycles. The van der Waals surface area contributed by atoms with Gasteiger partial charge in [-0.05, 0) is 37.8 Å². The van der Waals surface area contributed by atoms with Gasteiger partial charge < -0.3 is 9.47 Å². The van der Waals surface area contributed by atoms with Crippen molar-refractivity contribution in [3.05, 3.63) is 51.9 Å². The summed E-state index contributed by atoms with van der Waals surface area (Å²) >= 11 is 12.4. The van der Waals surface area contributed by atoms with E-state index in [9.17, 15) is 4.79 Å². The van der Waals surface area contributed by atoms with Crippen LogP contribution in [0.15, 0.2) is 36.3 Å². The van der Waals surface area contributed by atoms with Crippen molar-refractivity contribution in [3.8, 4) is 0 Å². The molecule has 1 aliphatic heterocycles. The number of rotatable bonds is 3. The molecule has 0 unspecified atom stereocenters. The lowest BCUT2D eigenvalue weighted by Crippen LogP contribution is -2.36. The highest BCUT2D eigenvalue weighted by Gasteiger charge is 2.51. The third-order valence-corrected chi connectivity index (χ3v) is 5.60. The molecule has 3 rings (SSSR count). The Morgan fingerprint density at radius 2 is 1.85 bits per heavy atom. The van der Waals surface area contributed by atoms with Crippen molar-refractivity contribution in [2.45, 2.75) is 58.5 Å². The van der Waals surface area contributed by atoms with E-state index in [1.54, 1.807) is 18.2 Å². The molecule has 1 aromatic rings. The van der Waals surface area contributed by atoms with Gasteiger partial charge in [0.25, 0.3) is 0 Å². The van der Waals surface area contributed by atoms with Gasteiger partial charge in [-0.25, -0.2) is 4.79 Å². The van der Waals surface area contributed by atoms with Crippen molar-refractivity contribution in [2.24, 2.45) is 5.41 Å². The first-order valence-corrected chi connectivity index (χ1v) is 9.70. The number of hydrogen-bond donors (Lipinski definition) is 0. The molecule has 3 nitrogen and oxygen atoms in total. The first-order chi connectivity index (χ1) is 12.1. The van der Waals surface area contributed by atoms with Gasteiger partial charge in [-0.2, -0.15) is 0 Å². The van der Waals surface area contributed by atoms with Crippen LogP contribution in [0.1, 0.15) is 58.4 Å². The molecule has 0 bridgehead atoms. The molecule has 1 heterocycles. The molecule has 26 heavy (non-hydrogen) atoms. The molecular formula is C21H24Cl2O3. The molecule has 140 valence electrons. The Morgan fingerprint density at radius 1 is 1.19 bits per heavy atom. The molecule has 1 saturated carbocycles. The zero-order valence-electron chi connectivity index (χ0n) is 15.5. The average Bonchev–Trinajstić information content (AvgIpc) is 2.79. The lowest BCUT2D eigenvalue weighted by Gasteiger charge is -2.35. The summed E-state index contributed by atoms with van der Waals surface area (Å²) in [4.78, 5) is 12.8. The third kappa shape index (κ3) is 3.52. The molecule has 0 N–H and O–H groups in total. The van der Waals surface area contributed by atoms with Crippen LogP contribution in [-0.4, -0.2) is 11.6 Å². The van der Waals surface area contributed by atoms with E-state index in [1.807, 2.05) is 20.8 Å². The highest BCUT2D eigenvalue weighted by molar-refractivity contribution is 6.37. The number of ether oxygens (including phenoxy) is 2. The van der Waals surface area contributed by atoms with Gasteiger partial charge >= 0.3 is 5.97 Å². The van der Waals surface area contributed by atoms with Gasteiger partial charge in [-0.3, -0.25) is 0 Å². The maximum Gasteiger partial charge on any atom is 0.343 e. The molecule has 0 radical (unpaired) electrons. The van der Waals surface area contributed by atoms with E-state index in [-0.39, 0.29) is 5.41 Å². The van der Waals surface area contributed by atoms with Crippen molar-refractivity contribution in [2.75, 3.05) is 0 Å². The molecule has 1 aliphatic carbocycles. The quantitative estimate of drug-likeness (QED) is 0.431. The van der Waals surface area contributed by atoms with E-state index in [2.05, 4.69) is 6.58 Å². The van der Waals surface area contributed by atoms with Gasteiger partial charge in [0.1, 0.15) is 11.3 Å². The number of carbonyl (C=O) groups excluding carboxylic acids is 1. The second kappa shape index (κ2) is 6.94. The largest absolute Gasteiger partial charge is 0.461 e. The summed E-state index contributed by atoms with van der Waals surface area (Å²) in [5, 5.41) is 0.916. The number of halogens is 2. The Kier molecular flexibility index (Phi) is 5.15. The summed E-state index contributed by atoms with van der Waals surface area (Å²) in [7, 11) is 0.